The van der Waals surface area contributed by atoms with E-state index in [1.165, 1.54) is 6.07 Å². The highest BCUT2D eigenvalue weighted by Gasteiger charge is 2.14. The Hall–Kier alpha value is -2.91. The van der Waals surface area contributed by atoms with E-state index in [0.717, 1.165) is 19.4 Å². The molecule has 0 aliphatic rings. The van der Waals surface area contributed by atoms with Gasteiger partial charge in [0.1, 0.15) is 11.5 Å². The van der Waals surface area contributed by atoms with Crippen LogP contribution in [0.15, 0.2) is 21.7 Å². The van der Waals surface area contributed by atoms with Gasteiger partial charge in [-0.05, 0) is 6.07 Å². The zero-order valence-corrected chi connectivity index (χ0v) is 9.81. The van der Waals surface area contributed by atoms with Gasteiger partial charge in [-0.1, -0.05) is 0 Å². The molecule has 1 heterocycles. The highest BCUT2D eigenvalue weighted by molar-refractivity contribution is 5.82. The Morgan fingerprint density at radius 1 is 1.63 bits per heavy atom. The van der Waals surface area contributed by atoms with Crippen LogP contribution in [0.2, 0.25) is 0 Å². The van der Waals surface area contributed by atoms with Gasteiger partial charge in [-0.25, -0.2) is 9.80 Å². The van der Waals surface area contributed by atoms with E-state index in [9.17, 15) is 19.7 Å². The molecule has 2 N–H and O–H groups in total. The molecule has 1 rings (SSSR count). The Morgan fingerprint density at radius 3 is 2.79 bits per heavy atom. The fourth-order valence-corrected chi connectivity index (χ4v) is 0.999. The van der Waals surface area contributed by atoms with Crippen LogP contribution in [0.25, 0.3) is 0 Å². The van der Waals surface area contributed by atoms with E-state index in [-0.39, 0.29) is 5.76 Å². The van der Waals surface area contributed by atoms with Gasteiger partial charge < -0.3 is 14.9 Å². The summed E-state index contributed by atoms with van der Waals surface area (Å²) in [4.78, 5) is 31.6. The number of nitro groups is 1. The molecule has 0 radical (unpaired) electrons. The topological polar surface area (TPSA) is 141 Å². The van der Waals surface area contributed by atoms with Crippen molar-refractivity contribution in [3.05, 3.63) is 28.0 Å². The van der Waals surface area contributed by atoms with E-state index in [1.54, 1.807) is 0 Å². The Kier molecular flexibility index (Phi) is 4.57. The normalized spacial score (nSPS) is 10.4. The third kappa shape index (κ3) is 4.11. The number of esters is 1. The summed E-state index contributed by atoms with van der Waals surface area (Å²) in [5, 5.41) is 14.6. The number of hydrogen-bond acceptors (Lipinski definition) is 7. The first-order valence-corrected chi connectivity index (χ1v) is 4.86. The van der Waals surface area contributed by atoms with Crippen LogP contribution in [0.1, 0.15) is 5.76 Å². The summed E-state index contributed by atoms with van der Waals surface area (Å²) in [5.41, 5.74) is 4.98. The lowest BCUT2D eigenvalue weighted by Crippen LogP contribution is -2.36. The van der Waals surface area contributed by atoms with Crippen molar-refractivity contribution >= 4 is 24.1 Å². The summed E-state index contributed by atoms with van der Waals surface area (Å²) in [6.45, 7) is -0.481. The third-order valence-corrected chi connectivity index (χ3v) is 1.88. The minimum Gasteiger partial charge on any atom is -0.468 e. The highest BCUT2D eigenvalue weighted by atomic mass is 16.6. The summed E-state index contributed by atoms with van der Waals surface area (Å²) < 4.78 is 9.11. The van der Waals surface area contributed by atoms with Crippen LogP contribution in [0.4, 0.5) is 10.7 Å². The second kappa shape index (κ2) is 6.14. The molecule has 0 spiro atoms. The molecule has 0 atom stereocenters. The van der Waals surface area contributed by atoms with Gasteiger partial charge in [0, 0.05) is 0 Å². The number of hydrogen-bond donors (Lipinski definition) is 1. The monoisotopic (exact) mass is 270 g/mol. The SMILES string of the molecule is COC(=O)CN(N=Cc1ccc([N+](=O)[O-])o1)C(N)=O. The number of rotatable bonds is 5. The lowest BCUT2D eigenvalue weighted by Gasteiger charge is -2.11. The summed E-state index contributed by atoms with van der Waals surface area (Å²) >= 11 is 0. The Balaban J connectivity index is 2.77. The summed E-state index contributed by atoms with van der Waals surface area (Å²) in [7, 11) is 1.14. The number of hydrazone groups is 1. The van der Waals surface area contributed by atoms with Crippen molar-refractivity contribution in [3.8, 4) is 0 Å². The zero-order chi connectivity index (χ0) is 14.4. The molecule has 2 amide bonds. The predicted octanol–water partition coefficient (Wildman–Crippen LogP) is 0.0754. The van der Waals surface area contributed by atoms with Crippen LogP contribution in [-0.4, -0.2) is 41.8 Å². The number of nitrogens with two attached hydrogens (primary N) is 1. The first kappa shape index (κ1) is 14.2. The average Bonchev–Trinajstić information content (AvgIpc) is 2.82. The maximum atomic E-state index is 11.0. The molecule has 0 saturated heterocycles. The van der Waals surface area contributed by atoms with Gasteiger partial charge in [0.25, 0.3) is 0 Å². The molecule has 19 heavy (non-hydrogen) atoms. The quantitative estimate of drug-likeness (QED) is 0.347. The third-order valence-electron chi connectivity index (χ3n) is 1.88. The summed E-state index contributed by atoms with van der Waals surface area (Å²) in [6.07, 6.45) is 1.01. The smallest absolute Gasteiger partial charge is 0.433 e. The van der Waals surface area contributed by atoms with Gasteiger partial charge in [-0.2, -0.15) is 5.10 Å². The molecule has 0 aromatic carbocycles. The van der Waals surface area contributed by atoms with Crippen molar-refractivity contribution in [2.24, 2.45) is 10.8 Å². The molecule has 0 saturated carbocycles. The van der Waals surface area contributed by atoms with E-state index in [4.69, 9.17) is 10.2 Å². The van der Waals surface area contributed by atoms with Crippen molar-refractivity contribution in [1.82, 2.24) is 5.01 Å². The molecule has 1 aromatic rings. The van der Waals surface area contributed by atoms with Crippen LogP contribution >= 0.6 is 0 Å². The van der Waals surface area contributed by atoms with Crippen molar-refractivity contribution in [2.75, 3.05) is 13.7 Å². The van der Waals surface area contributed by atoms with E-state index < -0.39 is 29.4 Å². The first-order chi connectivity index (χ1) is 8.93. The Labute approximate surface area is 106 Å². The van der Waals surface area contributed by atoms with Crippen LogP contribution in [0.5, 0.6) is 0 Å². The standard InChI is InChI=1S/C9H10N4O6/c1-18-8(14)5-12(9(10)15)11-4-6-2-3-7(19-6)13(16)17/h2-4H,5H2,1H3,(H2,10,15). The second-order valence-electron chi connectivity index (χ2n) is 3.15. The summed E-state index contributed by atoms with van der Waals surface area (Å²) in [6, 6.07) is 1.41. The molecule has 10 heteroatoms. The number of amides is 2. The lowest BCUT2D eigenvalue weighted by molar-refractivity contribution is -0.402. The molecule has 0 fully saturated rings. The molecular formula is C9H10N4O6. The number of carbonyl (C=O) groups is 2. The van der Waals surface area contributed by atoms with E-state index >= 15 is 0 Å². The van der Waals surface area contributed by atoms with Crippen molar-refractivity contribution in [1.29, 1.82) is 0 Å². The van der Waals surface area contributed by atoms with Gasteiger partial charge in [-0.3, -0.25) is 14.9 Å². The lowest BCUT2D eigenvalue weighted by atomic mass is 10.5. The van der Waals surface area contributed by atoms with Crippen molar-refractivity contribution in [2.45, 2.75) is 0 Å². The molecule has 10 nitrogen and oxygen atoms in total. The van der Waals surface area contributed by atoms with Gasteiger partial charge in [0.05, 0.1) is 19.4 Å². The van der Waals surface area contributed by atoms with Gasteiger partial charge in [0.15, 0.2) is 5.76 Å². The molecule has 1 aromatic heterocycles. The molecule has 0 bridgehead atoms. The zero-order valence-electron chi connectivity index (χ0n) is 9.81. The summed E-state index contributed by atoms with van der Waals surface area (Å²) in [5.74, 6) is -1.16. The van der Waals surface area contributed by atoms with Gasteiger partial charge >= 0.3 is 17.9 Å². The van der Waals surface area contributed by atoms with Crippen molar-refractivity contribution in [3.63, 3.8) is 0 Å². The molecule has 0 aliphatic carbocycles. The van der Waals surface area contributed by atoms with Crippen LogP contribution in [0, 0.1) is 10.1 Å². The predicted molar refractivity (Wildman–Crippen MR) is 61.3 cm³/mol. The molecule has 0 unspecified atom stereocenters. The number of primary amides is 1. The maximum Gasteiger partial charge on any atom is 0.433 e. The number of furan rings is 1. The van der Waals surface area contributed by atoms with E-state index in [1.807, 2.05) is 0 Å². The number of urea groups is 1. The van der Waals surface area contributed by atoms with E-state index in [2.05, 4.69) is 9.84 Å². The Bertz CT molecular complexity index is 523. The number of ether oxygens (including phenoxy) is 1. The Morgan fingerprint density at radius 2 is 2.32 bits per heavy atom. The minimum absolute atomic E-state index is 0.0304. The van der Waals surface area contributed by atoms with E-state index in [0.29, 0.717) is 5.01 Å². The molecule has 102 valence electrons. The van der Waals surface area contributed by atoms with Crippen LogP contribution < -0.4 is 5.73 Å². The average molecular weight is 270 g/mol. The minimum atomic E-state index is -0.984. The number of nitrogens with zero attached hydrogens (tertiary/aromatic N) is 3. The fourth-order valence-electron chi connectivity index (χ4n) is 0.999. The van der Waals surface area contributed by atoms with Crippen LogP contribution in [-0.2, 0) is 9.53 Å². The van der Waals surface area contributed by atoms with Gasteiger partial charge in [0.2, 0.25) is 0 Å². The fraction of sp³-hybridized carbons (Fsp3) is 0.222. The highest BCUT2D eigenvalue weighted by Crippen LogP contribution is 2.13. The molecular weight excluding hydrogens is 260 g/mol. The number of carbonyl (C=O) groups excluding carboxylic acids is 2. The maximum absolute atomic E-state index is 11.0. The first-order valence-electron chi connectivity index (χ1n) is 4.86. The van der Waals surface area contributed by atoms with Crippen molar-refractivity contribution < 1.29 is 23.7 Å². The van der Waals surface area contributed by atoms with Crippen LogP contribution in [0.3, 0.4) is 0 Å². The van der Waals surface area contributed by atoms with Gasteiger partial charge in [-0.15, -0.1) is 0 Å². The molecule has 0 aliphatic heterocycles. The number of methoxy groups -OCH3 is 1. The largest absolute Gasteiger partial charge is 0.468 e. The second-order valence-corrected chi connectivity index (χ2v) is 3.15.